The second-order valence-electron chi connectivity index (χ2n) is 3.61. The molecule has 1 heterocycles. The van der Waals surface area contributed by atoms with E-state index in [-0.39, 0.29) is 0 Å². The van der Waals surface area contributed by atoms with E-state index in [2.05, 4.69) is 52.9 Å². The van der Waals surface area contributed by atoms with Crippen molar-refractivity contribution in [1.82, 2.24) is 5.01 Å². The van der Waals surface area contributed by atoms with Crippen LogP contribution in [0.5, 0.6) is 0 Å². The maximum atomic E-state index is 5.99. The quantitative estimate of drug-likeness (QED) is 0.543. The SMILES string of the molecule is BrCN1N=C(c2ccccc2)OC1(CBr)CBr. The third-order valence-electron chi connectivity index (χ3n) is 2.52. The lowest BCUT2D eigenvalue weighted by Crippen LogP contribution is -2.47. The van der Waals surface area contributed by atoms with Crippen molar-refractivity contribution in [3.8, 4) is 0 Å². The van der Waals surface area contributed by atoms with Crippen molar-refractivity contribution < 1.29 is 4.74 Å². The Morgan fingerprint density at radius 3 is 2.24 bits per heavy atom. The molecule has 0 unspecified atom stereocenters. The molecule has 1 aromatic carbocycles. The lowest BCUT2D eigenvalue weighted by molar-refractivity contribution is -0.00472. The minimum Gasteiger partial charge on any atom is -0.446 e. The van der Waals surface area contributed by atoms with Crippen LogP contribution in [0, 0.1) is 0 Å². The van der Waals surface area contributed by atoms with E-state index in [1.807, 2.05) is 35.3 Å². The van der Waals surface area contributed by atoms with Crippen molar-refractivity contribution in [2.75, 3.05) is 16.1 Å². The van der Waals surface area contributed by atoms with Gasteiger partial charge in [0.05, 0.1) is 16.1 Å². The normalized spacial score (nSPS) is 17.8. The topological polar surface area (TPSA) is 24.8 Å². The summed E-state index contributed by atoms with van der Waals surface area (Å²) in [6, 6.07) is 9.90. The summed E-state index contributed by atoms with van der Waals surface area (Å²) in [6.07, 6.45) is 0. The number of benzene rings is 1. The van der Waals surface area contributed by atoms with Crippen molar-refractivity contribution in [3.05, 3.63) is 35.9 Å². The monoisotopic (exact) mass is 424 g/mol. The van der Waals surface area contributed by atoms with Crippen LogP contribution in [-0.4, -0.2) is 32.7 Å². The molecule has 0 fully saturated rings. The molecule has 1 aliphatic heterocycles. The Bertz CT molecular complexity index is 406. The first-order valence-electron chi connectivity index (χ1n) is 5.04. The molecule has 6 heteroatoms. The standard InChI is InChI=1S/C11H11Br3N2O/c12-6-11(7-13)16(8-14)15-10(17-11)9-4-2-1-3-5-9/h1-5H,6-8H2. The summed E-state index contributed by atoms with van der Waals surface area (Å²) in [5, 5.41) is 7.74. The summed E-state index contributed by atoms with van der Waals surface area (Å²) in [5.41, 5.74) is 1.15. The minimum absolute atomic E-state index is 0.464. The second kappa shape index (κ2) is 5.71. The van der Waals surface area contributed by atoms with Gasteiger partial charge in [0, 0.05) is 5.56 Å². The van der Waals surface area contributed by atoms with Gasteiger partial charge in [-0.15, -0.1) is 5.10 Å². The summed E-state index contributed by atoms with van der Waals surface area (Å²) in [7, 11) is 0. The van der Waals surface area contributed by atoms with Crippen molar-refractivity contribution in [3.63, 3.8) is 0 Å². The molecule has 0 bridgehead atoms. The van der Waals surface area contributed by atoms with Crippen LogP contribution in [0.3, 0.4) is 0 Å². The van der Waals surface area contributed by atoms with Crippen LogP contribution in [0.2, 0.25) is 0 Å². The van der Waals surface area contributed by atoms with Crippen LogP contribution in [0.25, 0.3) is 0 Å². The highest BCUT2D eigenvalue weighted by atomic mass is 79.9. The summed E-state index contributed by atoms with van der Waals surface area (Å²) >= 11 is 10.4. The number of alkyl halides is 3. The molecule has 1 aromatic rings. The number of nitrogens with zero attached hydrogens (tertiary/aromatic N) is 2. The average molecular weight is 427 g/mol. The fraction of sp³-hybridized carbons (Fsp3) is 0.364. The third kappa shape index (κ3) is 2.53. The van der Waals surface area contributed by atoms with E-state index in [1.54, 1.807) is 0 Å². The number of hydrazone groups is 1. The Hall–Kier alpha value is -0.0700. The zero-order valence-electron chi connectivity index (χ0n) is 8.94. The van der Waals surface area contributed by atoms with Crippen molar-refractivity contribution >= 4 is 53.7 Å². The molecule has 0 aromatic heterocycles. The van der Waals surface area contributed by atoms with Gasteiger partial charge in [0.25, 0.3) is 0 Å². The molecule has 0 atom stereocenters. The molecule has 92 valence electrons. The van der Waals surface area contributed by atoms with E-state index in [0.717, 1.165) is 5.56 Å². The molecule has 3 nitrogen and oxygen atoms in total. The van der Waals surface area contributed by atoms with Crippen LogP contribution >= 0.6 is 47.8 Å². The van der Waals surface area contributed by atoms with Gasteiger partial charge in [-0.3, -0.25) is 0 Å². The predicted molar refractivity (Wildman–Crippen MR) is 80.0 cm³/mol. The first-order chi connectivity index (χ1) is 8.25. The lowest BCUT2D eigenvalue weighted by Gasteiger charge is -2.31. The molecule has 1 aliphatic rings. The largest absolute Gasteiger partial charge is 0.446 e. The van der Waals surface area contributed by atoms with Gasteiger partial charge >= 0.3 is 0 Å². The van der Waals surface area contributed by atoms with E-state index < -0.39 is 5.72 Å². The molecular formula is C11H11Br3N2O. The van der Waals surface area contributed by atoms with Crippen LogP contribution < -0.4 is 0 Å². The van der Waals surface area contributed by atoms with Gasteiger partial charge in [0.15, 0.2) is 0 Å². The molecule has 0 aliphatic carbocycles. The number of hydrogen-bond acceptors (Lipinski definition) is 3. The van der Waals surface area contributed by atoms with Gasteiger partial charge in [0.1, 0.15) is 0 Å². The van der Waals surface area contributed by atoms with E-state index in [9.17, 15) is 0 Å². The summed E-state index contributed by atoms with van der Waals surface area (Å²) in [6.45, 7) is 0. The fourth-order valence-corrected chi connectivity index (χ4v) is 3.82. The summed E-state index contributed by atoms with van der Waals surface area (Å²) < 4.78 is 5.99. The first-order valence-corrected chi connectivity index (χ1v) is 8.41. The molecule has 0 N–H and O–H groups in total. The smallest absolute Gasteiger partial charge is 0.240 e. The van der Waals surface area contributed by atoms with Gasteiger partial charge in [0.2, 0.25) is 11.6 Å². The average Bonchev–Trinajstić information content (AvgIpc) is 2.79. The van der Waals surface area contributed by atoms with Gasteiger partial charge in [-0.2, -0.15) is 0 Å². The highest BCUT2D eigenvalue weighted by Crippen LogP contribution is 2.31. The predicted octanol–water partition coefficient (Wildman–Crippen LogP) is 3.52. The minimum atomic E-state index is -0.464. The number of halogens is 3. The molecule has 17 heavy (non-hydrogen) atoms. The zero-order chi connectivity index (χ0) is 12.3. The van der Waals surface area contributed by atoms with E-state index in [0.29, 0.717) is 22.0 Å². The van der Waals surface area contributed by atoms with Gasteiger partial charge in [-0.25, -0.2) is 5.01 Å². The second-order valence-corrected chi connectivity index (χ2v) is 5.23. The Morgan fingerprint density at radius 1 is 1.12 bits per heavy atom. The van der Waals surface area contributed by atoms with Crippen molar-refractivity contribution in [2.45, 2.75) is 5.72 Å². The van der Waals surface area contributed by atoms with Crippen molar-refractivity contribution in [2.24, 2.45) is 5.10 Å². The van der Waals surface area contributed by atoms with E-state index >= 15 is 0 Å². The molecule has 0 spiro atoms. The van der Waals surface area contributed by atoms with E-state index in [4.69, 9.17) is 4.74 Å². The molecule has 0 radical (unpaired) electrons. The lowest BCUT2D eigenvalue weighted by atomic mass is 10.2. The molecule has 0 saturated heterocycles. The highest BCUT2D eigenvalue weighted by molar-refractivity contribution is 9.10. The van der Waals surface area contributed by atoms with Crippen LogP contribution in [0.1, 0.15) is 5.56 Å². The Balaban J connectivity index is 2.29. The van der Waals surface area contributed by atoms with Crippen molar-refractivity contribution in [1.29, 1.82) is 0 Å². The van der Waals surface area contributed by atoms with E-state index in [1.165, 1.54) is 0 Å². The third-order valence-corrected chi connectivity index (χ3v) is 4.75. The summed E-state index contributed by atoms with van der Waals surface area (Å²) in [5.74, 6) is 0.656. The number of hydrogen-bond donors (Lipinski definition) is 0. The molecular weight excluding hydrogens is 416 g/mol. The first kappa shape index (κ1) is 13.4. The zero-order valence-corrected chi connectivity index (χ0v) is 13.7. The highest BCUT2D eigenvalue weighted by Gasteiger charge is 2.43. The number of rotatable bonds is 4. The van der Waals surface area contributed by atoms with Gasteiger partial charge < -0.3 is 4.74 Å². The Kier molecular flexibility index (Phi) is 4.49. The van der Waals surface area contributed by atoms with Crippen LogP contribution in [-0.2, 0) is 4.74 Å². The number of ether oxygens (including phenoxy) is 1. The van der Waals surface area contributed by atoms with Crippen LogP contribution in [0.15, 0.2) is 35.4 Å². The summed E-state index contributed by atoms with van der Waals surface area (Å²) in [4.78, 5) is 0. The van der Waals surface area contributed by atoms with Gasteiger partial charge in [-0.05, 0) is 12.1 Å². The maximum absolute atomic E-state index is 5.99. The maximum Gasteiger partial charge on any atom is 0.240 e. The Labute approximate surface area is 126 Å². The molecule has 0 amide bonds. The van der Waals surface area contributed by atoms with Gasteiger partial charge in [-0.1, -0.05) is 66.0 Å². The molecule has 0 saturated carbocycles. The molecule has 2 rings (SSSR count). The fourth-order valence-electron chi connectivity index (χ4n) is 1.52. The Morgan fingerprint density at radius 2 is 1.76 bits per heavy atom. The van der Waals surface area contributed by atoms with Crippen LogP contribution in [0.4, 0.5) is 0 Å².